The van der Waals surface area contributed by atoms with Crippen LogP contribution < -0.4 is 9.62 Å². The standard InChI is InChI=1S/C24H31F2N3O4S/c1-5-27-24(31)18(3)28(16-19-10-7-6-9-17(19)2)23(30)11-8-14-29(34(4,32)33)20-12-13-21(25)22(26)15-20/h6-7,9-10,12-13,15,18H,5,8,11,14,16H2,1-4H3,(H,27,31)/t18-/m1/s1. The first-order valence-corrected chi connectivity index (χ1v) is 12.8. The third-order valence-electron chi connectivity index (χ3n) is 5.46. The van der Waals surface area contributed by atoms with Gasteiger partial charge >= 0.3 is 0 Å². The Morgan fingerprint density at radius 3 is 2.35 bits per heavy atom. The van der Waals surface area contributed by atoms with Crippen LogP contribution in [0.4, 0.5) is 14.5 Å². The van der Waals surface area contributed by atoms with Gasteiger partial charge in [0.05, 0.1) is 11.9 Å². The van der Waals surface area contributed by atoms with Crippen molar-refractivity contribution in [1.82, 2.24) is 10.2 Å². The Hall–Kier alpha value is -3.01. The van der Waals surface area contributed by atoms with E-state index < -0.39 is 27.7 Å². The molecule has 0 aromatic heterocycles. The topological polar surface area (TPSA) is 86.8 Å². The maximum absolute atomic E-state index is 13.7. The highest BCUT2D eigenvalue weighted by Crippen LogP contribution is 2.22. The van der Waals surface area contributed by atoms with Crippen LogP contribution in [0.1, 0.15) is 37.8 Å². The number of nitrogens with zero attached hydrogens (tertiary/aromatic N) is 2. The number of anilines is 1. The third kappa shape index (κ3) is 7.24. The first-order chi connectivity index (χ1) is 16.0. The van der Waals surface area contributed by atoms with Gasteiger partial charge in [-0.1, -0.05) is 24.3 Å². The second kappa shape index (κ2) is 11.9. The average Bonchev–Trinajstić information content (AvgIpc) is 2.77. The second-order valence-corrected chi connectivity index (χ2v) is 9.96. The number of nitrogens with one attached hydrogen (secondary N) is 1. The molecule has 0 radical (unpaired) electrons. The van der Waals surface area contributed by atoms with E-state index in [1.54, 1.807) is 13.8 Å². The van der Waals surface area contributed by atoms with E-state index in [0.29, 0.717) is 6.54 Å². The Balaban J connectivity index is 2.18. The molecule has 0 aliphatic heterocycles. The number of rotatable bonds is 11. The first-order valence-electron chi connectivity index (χ1n) is 11.0. The molecule has 0 unspecified atom stereocenters. The van der Waals surface area contributed by atoms with Crippen LogP contribution in [-0.4, -0.2) is 50.5 Å². The van der Waals surface area contributed by atoms with Crippen LogP contribution in [0.3, 0.4) is 0 Å². The van der Waals surface area contributed by atoms with Crippen molar-refractivity contribution in [2.24, 2.45) is 0 Å². The van der Waals surface area contributed by atoms with E-state index in [0.717, 1.165) is 33.8 Å². The zero-order valence-corrected chi connectivity index (χ0v) is 20.7. The van der Waals surface area contributed by atoms with Crippen LogP contribution in [0.5, 0.6) is 0 Å². The number of hydrogen-bond donors (Lipinski definition) is 1. The monoisotopic (exact) mass is 495 g/mol. The molecule has 0 aliphatic carbocycles. The van der Waals surface area contributed by atoms with E-state index in [9.17, 15) is 26.8 Å². The van der Waals surface area contributed by atoms with Gasteiger partial charge in [-0.25, -0.2) is 17.2 Å². The van der Waals surface area contributed by atoms with Gasteiger partial charge < -0.3 is 10.2 Å². The molecule has 0 saturated carbocycles. The lowest BCUT2D eigenvalue weighted by Crippen LogP contribution is -2.47. The van der Waals surface area contributed by atoms with E-state index in [1.165, 1.54) is 11.0 Å². The molecule has 2 aromatic carbocycles. The maximum atomic E-state index is 13.7. The summed E-state index contributed by atoms with van der Waals surface area (Å²) in [5, 5.41) is 2.72. The molecule has 2 aromatic rings. The van der Waals surface area contributed by atoms with E-state index in [-0.39, 0.29) is 43.4 Å². The molecule has 0 fully saturated rings. The van der Waals surface area contributed by atoms with Crippen LogP contribution in [0.15, 0.2) is 42.5 Å². The fraction of sp³-hybridized carbons (Fsp3) is 0.417. The summed E-state index contributed by atoms with van der Waals surface area (Å²) in [6.07, 6.45) is 1.04. The Morgan fingerprint density at radius 2 is 1.76 bits per heavy atom. The number of amides is 2. The summed E-state index contributed by atoms with van der Waals surface area (Å²) in [5.41, 5.74) is 1.85. The SMILES string of the molecule is CCNC(=O)[C@@H](C)N(Cc1ccccc1C)C(=O)CCCN(c1ccc(F)c(F)c1)S(C)(=O)=O. The normalized spacial score (nSPS) is 12.2. The molecule has 2 rings (SSSR count). The molecule has 34 heavy (non-hydrogen) atoms. The lowest BCUT2D eigenvalue weighted by molar-refractivity contribution is -0.140. The van der Waals surface area contributed by atoms with Crippen molar-refractivity contribution in [3.63, 3.8) is 0 Å². The van der Waals surface area contributed by atoms with Gasteiger partial charge in [0.2, 0.25) is 21.8 Å². The molecule has 1 N–H and O–H groups in total. The van der Waals surface area contributed by atoms with Gasteiger partial charge in [-0.05, 0) is 50.5 Å². The summed E-state index contributed by atoms with van der Waals surface area (Å²) in [6, 6.07) is 9.64. The number of hydrogen-bond acceptors (Lipinski definition) is 4. The number of benzene rings is 2. The van der Waals surface area contributed by atoms with Crippen molar-refractivity contribution in [1.29, 1.82) is 0 Å². The van der Waals surface area contributed by atoms with Crippen molar-refractivity contribution >= 4 is 27.5 Å². The molecule has 0 saturated heterocycles. The molecule has 7 nitrogen and oxygen atoms in total. The van der Waals surface area contributed by atoms with Crippen molar-refractivity contribution in [3.8, 4) is 0 Å². The smallest absolute Gasteiger partial charge is 0.242 e. The molecular weight excluding hydrogens is 464 g/mol. The zero-order valence-electron chi connectivity index (χ0n) is 19.8. The second-order valence-electron chi connectivity index (χ2n) is 8.06. The average molecular weight is 496 g/mol. The number of aryl methyl sites for hydroxylation is 1. The first kappa shape index (κ1) is 27.2. The molecule has 2 amide bonds. The Labute approximate surface area is 199 Å². The van der Waals surface area contributed by atoms with Crippen molar-refractivity contribution < 1.29 is 26.8 Å². The van der Waals surface area contributed by atoms with Gasteiger partial charge in [0.15, 0.2) is 11.6 Å². The molecule has 186 valence electrons. The number of halogens is 2. The largest absolute Gasteiger partial charge is 0.355 e. The molecule has 0 heterocycles. The minimum Gasteiger partial charge on any atom is -0.355 e. The van der Waals surface area contributed by atoms with Gasteiger partial charge in [0, 0.05) is 32.1 Å². The van der Waals surface area contributed by atoms with Crippen LogP contribution >= 0.6 is 0 Å². The maximum Gasteiger partial charge on any atom is 0.242 e. The predicted molar refractivity (Wildman–Crippen MR) is 128 cm³/mol. The molecule has 1 atom stereocenters. The summed E-state index contributed by atoms with van der Waals surface area (Å²) in [6.45, 7) is 5.89. The summed E-state index contributed by atoms with van der Waals surface area (Å²) >= 11 is 0. The number of sulfonamides is 1. The number of likely N-dealkylation sites (N-methyl/N-ethyl adjacent to an activating group) is 1. The Morgan fingerprint density at radius 1 is 1.09 bits per heavy atom. The van der Waals surface area contributed by atoms with E-state index in [4.69, 9.17) is 0 Å². The lowest BCUT2D eigenvalue weighted by atomic mass is 10.1. The van der Waals surface area contributed by atoms with Crippen LogP contribution in [0, 0.1) is 18.6 Å². The molecule has 0 spiro atoms. The zero-order chi connectivity index (χ0) is 25.5. The highest BCUT2D eigenvalue weighted by molar-refractivity contribution is 7.92. The van der Waals surface area contributed by atoms with Gasteiger partial charge in [-0.3, -0.25) is 13.9 Å². The summed E-state index contributed by atoms with van der Waals surface area (Å²) < 4.78 is 52.4. The highest BCUT2D eigenvalue weighted by Gasteiger charge is 2.27. The summed E-state index contributed by atoms with van der Waals surface area (Å²) in [4.78, 5) is 27.1. The van der Waals surface area contributed by atoms with Crippen molar-refractivity contribution in [2.45, 2.75) is 46.2 Å². The fourth-order valence-electron chi connectivity index (χ4n) is 3.52. The minimum atomic E-state index is -3.80. The minimum absolute atomic E-state index is 0.0266. The quantitative estimate of drug-likeness (QED) is 0.518. The Kier molecular flexibility index (Phi) is 9.55. The highest BCUT2D eigenvalue weighted by atomic mass is 32.2. The molecule has 0 aliphatic rings. The van der Waals surface area contributed by atoms with Crippen LogP contribution in [-0.2, 0) is 26.2 Å². The fourth-order valence-corrected chi connectivity index (χ4v) is 4.48. The van der Waals surface area contributed by atoms with Gasteiger partial charge in [0.25, 0.3) is 0 Å². The van der Waals surface area contributed by atoms with E-state index in [1.807, 2.05) is 31.2 Å². The molecule has 0 bridgehead atoms. The summed E-state index contributed by atoms with van der Waals surface area (Å²) in [5.74, 6) is -2.86. The Bertz CT molecular complexity index is 1120. The van der Waals surface area contributed by atoms with Crippen LogP contribution in [0.2, 0.25) is 0 Å². The van der Waals surface area contributed by atoms with E-state index in [2.05, 4.69) is 5.32 Å². The predicted octanol–water partition coefficient (Wildman–Crippen LogP) is 3.37. The number of carbonyl (C=O) groups excluding carboxylic acids is 2. The third-order valence-corrected chi connectivity index (χ3v) is 6.66. The van der Waals surface area contributed by atoms with Gasteiger partial charge in [-0.15, -0.1) is 0 Å². The molecular formula is C24H31F2N3O4S. The van der Waals surface area contributed by atoms with Crippen molar-refractivity contribution in [2.75, 3.05) is 23.7 Å². The lowest BCUT2D eigenvalue weighted by Gasteiger charge is -2.30. The van der Waals surface area contributed by atoms with Gasteiger partial charge in [0.1, 0.15) is 6.04 Å². The summed E-state index contributed by atoms with van der Waals surface area (Å²) in [7, 11) is -3.80. The van der Waals surface area contributed by atoms with E-state index >= 15 is 0 Å². The number of carbonyl (C=O) groups is 2. The van der Waals surface area contributed by atoms with Crippen molar-refractivity contribution in [3.05, 3.63) is 65.2 Å². The van der Waals surface area contributed by atoms with Gasteiger partial charge in [-0.2, -0.15) is 0 Å². The molecule has 10 heteroatoms. The van der Waals surface area contributed by atoms with Crippen LogP contribution in [0.25, 0.3) is 0 Å².